The molecular formula is H2BaCaCl2O4S. The first-order valence-corrected chi connectivity index (χ1v) is 8.04. The minimum Gasteiger partial charge on any atom is -1.00 e. The SMILES string of the molecule is O=[S](O)(=[Ba])OO.[Ca+2].[Cl-].[Cl-]. The van der Waals surface area contributed by atoms with Gasteiger partial charge in [0.05, 0.1) is 0 Å². The minimum atomic E-state index is -3.16. The fraction of sp³-hybridized carbons (Fsp3) is 0. The van der Waals surface area contributed by atoms with Crippen LogP contribution in [0.1, 0.15) is 0 Å². The van der Waals surface area contributed by atoms with Gasteiger partial charge in [-0.3, -0.25) is 0 Å². The first kappa shape index (κ1) is 22.9. The predicted molar refractivity (Wildman–Crippen MR) is 26.0 cm³/mol. The van der Waals surface area contributed by atoms with Gasteiger partial charge in [-0.15, -0.1) is 0 Å². The Morgan fingerprint density at radius 3 is 1.56 bits per heavy atom. The molecule has 0 aromatic carbocycles. The summed E-state index contributed by atoms with van der Waals surface area (Å²) in [6.07, 6.45) is 0. The van der Waals surface area contributed by atoms with Crippen molar-refractivity contribution in [3.8, 4) is 0 Å². The van der Waals surface area contributed by atoms with E-state index in [4.69, 9.17) is 9.81 Å². The molecule has 9 heavy (non-hydrogen) atoms. The van der Waals surface area contributed by atoms with E-state index in [1.54, 1.807) is 0 Å². The van der Waals surface area contributed by atoms with Gasteiger partial charge in [0.25, 0.3) is 0 Å². The molecule has 0 aromatic heterocycles. The van der Waals surface area contributed by atoms with Gasteiger partial charge in [-0.1, -0.05) is 0 Å². The summed E-state index contributed by atoms with van der Waals surface area (Å²) in [7, 11) is 0. The first-order chi connectivity index (χ1) is 2.56. The molecule has 0 saturated carbocycles. The van der Waals surface area contributed by atoms with Crippen molar-refractivity contribution in [2.24, 2.45) is 0 Å². The van der Waals surface area contributed by atoms with Gasteiger partial charge >= 0.3 is 102 Å². The Hall–Kier alpha value is 3.44. The van der Waals surface area contributed by atoms with E-state index in [1.165, 1.54) is 0 Å². The van der Waals surface area contributed by atoms with Gasteiger partial charge in [-0.2, -0.15) is 0 Å². The van der Waals surface area contributed by atoms with Crippen LogP contribution in [0.4, 0.5) is 0 Å². The predicted octanol–water partition coefficient (Wildman–Crippen LogP) is -7.14. The largest absolute Gasteiger partial charge is 2.00 e. The molecule has 9 heteroatoms. The zero-order chi connectivity index (χ0) is 5.21. The monoisotopic (exact) mass is 346 g/mol. The average Bonchev–Trinajstić information content (AvgIpc) is 1.35. The van der Waals surface area contributed by atoms with E-state index < -0.39 is 45.9 Å². The third-order valence-corrected chi connectivity index (χ3v) is 1.34. The summed E-state index contributed by atoms with van der Waals surface area (Å²) in [4.78, 5) is 0. The summed E-state index contributed by atoms with van der Waals surface area (Å²) in [6.45, 7) is 0. The van der Waals surface area contributed by atoms with Crippen LogP contribution in [0.5, 0.6) is 0 Å². The van der Waals surface area contributed by atoms with Crippen LogP contribution in [0.2, 0.25) is 0 Å². The molecule has 0 spiro atoms. The maximum absolute atomic E-state index is 9.73. The van der Waals surface area contributed by atoms with Crippen LogP contribution in [0.25, 0.3) is 0 Å². The standard InChI is InChI=1S/Ba.Ca.2ClH.H2O4S/c;;;;1-4-5(2)3/h;;2*1H;1H,(H,2,3)/q;+2;;;/p-2. The molecule has 0 bridgehead atoms. The molecule has 1 atom stereocenters. The molecule has 0 heterocycles. The van der Waals surface area contributed by atoms with E-state index in [-0.39, 0.29) is 62.6 Å². The van der Waals surface area contributed by atoms with Crippen molar-refractivity contribution < 1.29 is 43.2 Å². The van der Waals surface area contributed by atoms with E-state index in [2.05, 4.69) is 4.33 Å². The van der Waals surface area contributed by atoms with Crippen molar-refractivity contribution in [3.05, 3.63) is 0 Å². The van der Waals surface area contributed by atoms with Gasteiger partial charge < -0.3 is 24.8 Å². The smallest absolute Gasteiger partial charge is 1.00 e. The van der Waals surface area contributed by atoms with Crippen LogP contribution >= 0.6 is 0 Å². The summed E-state index contributed by atoms with van der Waals surface area (Å²) in [5.74, 6) is 0. The number of rotatable bonds is 1. The Labute approximate surface area is 123 Å². The van der Waals surface area contributed by atoms with Crippen molar-refractivity contribution in [1.82, 2.24) is 0 Å². The molecule has 4 nitrogen and oxygen atoms in total. The van der Waals surface area contributed by atoms with Crippen LogP contribution in [-0.2, 0) is 6.56 Å². The molecule has 1 unspecified atom stereocenters. The molecule has 0 aromatic rings. The molecule has 0 aliphatic rings. The molecule has 0 radical (unpaired) electrons. The normalized spacial score (nSPS) is 13.3. The van der Waals surface area contributed by atoms with E-state index in [0.29, 0.717) is 0 Å². The van der Waals surface area contributed by atoms with Crippen LogP contribution in [0.15, 0.2) is 0 Å². The maximum Gasteiger partial charge on any atom is 2.00 e. The average molecular weight is 346 g/mol. The van der Waals surface area contributed by atoms with E-state index in [0.717, 1.165) is 0 Å². The molecule has 0 saturated heterocycles. The van der Waals surface area contributed by atoms with Crippen molar-refractivity contribution in [2.45, 2.75) is 0 Å². The molecule has 0 fully saturated rings. The topological polar surface area (TPSA) is 66.8 Å². The molecule has 2 N–H and O–H groups in total. The van der Waals surface area contributed by atoms with Gasteiger partial charge in [-0.05, 0) is 0 Å². The fourth-order valence-electron chi connectivity index (χ4n) is 0. The third-order valence-electron chi connectivity index (χ3n) is 0.116. The summed E-state index contributed by atoms with van der Waals surface area (Å²) >= 11 is -0.426. The van der Waals surface area contributed by atoms with Crippen molar-refractivity contribution >= 4 is 83.7 Å². The Morgan fingerprint density at radius 1 is 1.44 bits per heavy atom. The van der Waals surface area contributed by atoms with Crippen molar-refractivity contribution in [3.63, 3.8) is 0 Å². The zero-order valence-electron chi connectivity index (χ0n) is 4.29. The summed E-state index contributed by atoms with van der Waals surface area (Å²) in [5.41, 5.74) is 0. The fourth-order valence-corrected chi connectivity index (χ4v) is 0. The Kier molecular flexibility index (Phi) is 29.1. The van der Waals surface area contributed by atoms with Gasteiger partial charge in [0.2, 0.25) is 0 Å². The number of hydrogen-bond donors (Lipinski definition) is 2. The summed E-state index contributed by atoms with van der Waals surface area (Å²) < 4.78 is 17.6. The first-order valence-electron chi connectivity index (χ1n) is 0.987. The second-order valence-electron chi connectivity index (χ2n) is 0.656. The quantitative estimate of drug-likeness (QED) is 0.281. The summed E-state index contributed by atoms with van der Waals surface area (Å²) in [6, 6.07) is 0. The van der Waals surface area contributed by atoms with Crippen LogP contribution < -0.4 is 24.8 Å². The number of hydrogen-bond acceptors (Lipinski definition) is 3. The zero-order valence-corrected chi connectivity index (χ0v) is 13.3. The van der Waals surface area contributed by atoms with Crippen LogP contribution in [0.3, 0.4) is 0 Å². The van der Waals surface area contributed by atoms with Crippen molar-refractivity contribution in [2.75, 3.05) is 0 Å². The molecular weight excluding hydrogens is 344 g/mol. The molecule has 0 amide bonds. The van der Waals surface area contributed by atoms with E-state index in [1.807, 2.05) is 0 Å². The van der Waals surface area contributed by atoms with Gasteiger partial charge in [-0.25, -0.2) is 0 Å². The number of halogens is 2. The third kappa shape index (κ3) is 24.6. The molecule has 0 aliphatic heterocycles. The van der Waals surface area contributed by atoms with E-state index >= 15 is 0 Å². The molecule has 0 aliphatic carbocycles. The van der Waals surface area contributed by atoms with Crippen molar-refractivity contribution in [1.29, 1.82) is 0 Å². The van der Waals surface area contributed by atoms with Crippen LogP contribution in [0, 0.1) is 0 Å². The van der Waals surface area contributed by atoms with Gasteiger partial charge in [0, 0.05) is 0 Å². The second kappa shape index (κ2) is 11.4. The molecule has 0 rings (SSSR count). The van der Waals surface area contributed by atoms with E-state index in [9.17, 15) is 4.21 Å². The van der Waals surface area contributed by atoms with Crippen LogP contribution in [-0.4, -0.2) is 95.5 Å². The molecule has 50 valence electrons. The Bertz CT molecular complexity index is 121. The van der Waals surface area contributed by atoms with Gasteiger partial charge in [0.15, 0.2) is 0 Å². The Morgan fingerprint density at radius 2 is 1.56 bits per heavy atom. The Balaban J connectivity index is -0.0000000417. The van der Waals surface area contributed by atoms with Gasteiger partial charge in [0.1, 0.15) is 0 Å². The summed E-state index contributed by atoms with van der Waals surface area (Å²) in [5, 5.41) is 7.43. The maximum atomic E-state index is 9.73. The minimum absolute atomic E-state index is 0. The second-order valence-corrected chi connectivity index (χ2v) is 8.84.